The SMILES string of the molecule is NC(N)=NN=C1CC(c2ccccc2)Cc2c1ccn2C(=O)c1ccccc1. The highest BCUT2D eigenvalue weighted by molar-refractivity contribution is 6.05. The van der Waals surface area contributed by atoms with Gasteiger partial charge in [0.05, 0.1) is 5.71 Å². The maximum atomic E-state index is 13.1. The molecule has 1 unspecified atom stereocenters. The van der Waals surface area contributed by atoms with Gasteiger partial charge in [-0.25, -0.2) is 0 Å². The summed E-state index contributed by atoms with van der Waals surface area (Å²) >= 11 is 0. The van der Waals surface area contributed by atoms with Crippen LogP contribution in [0, 0.1) is 0 Å². The summed E-state index contributed by atoms with van der Waals surface area (Å²) < 4.78 is 1.71. The Morgan fingerprint density at radius 1 is 0.929 bits per heavy atom. The largest absolute Gasteiger partial charge is 0.369 e. The first-order valence-electron chi connectivity index (χ1n) is 9.14. The fourth-order valence-corrected chi connectivity index (χ4v) is 3.67. The average molecular weight is 371 g/mol. The molecular formula is C22H21N5O. The van der Waals surface area contributed by atoms with Crippen LogP contribution in [0.5, 0.6) is 0 Å². The highest BCUT2D eigenvalue weighted by Gasteiger charge is 2.29. The summed E-state index contributed by atoms with van der Waals surface area (Å²) in [6.07, 6.45) is 3.25. The van der Waals surface area contributed by atoms with Crippen LogP contribution in [0.25, 0.3) is 0 Å². The summed E-state index contributed by atoms with van der Waals surface area (Å²) in [6.45, 7) is 0. The third-order valence-corrected chi connectivity index (χ3v) is 4.98. The van der Waals surface area contributed by atoms with Crippen LogP contribution in [-0.4, -0.2) is 22.1 Å². The molecule has 0 saturated heterocycles. The fraction of sp³-hybridized carbons (Fsp3) is 0.136. The molecule has 1 aliphatic carbocycles. The van der Waals surface area contributed by atoms with Gasteiger partial charge < -0.3 is 11.5 Å². The van der Waals surface area contributed by atoms with Crippen molar-refractivity contribution in [2.45, 2.75) is 18.8 Å². The minimum absolute atomic E-state index is 0.0586. The maximum absolute atomic E-state index is 13.1. The molecule has 1 heterocycles. The second kappa shape index (κ2) is 7.52. The number of fused-ring (bicyclic) bond motifs is 1. The fourth-order valence-electron chi connectivity index (χ4n) is 3.67. The van der Waals surface area contributed by atoms with E-state index in [1.807, 2.05) is 54.6 Å². The number of carbonyl (C=O) groups is 1. The van der Waals surface area contributed by atoms with Gasteiger partial charge in [0.15, 0.2) is 0 Å². The Balaban J connectivity index is 1.78. The molecule has 28 heavy (non-hydrogen) atoms. The number of carbonyl (C=O) groups excluding carboxylic acids is 1. The van der Waals surface area contributed by atoms with Gasteiger partial charge in [0.25, 0.3) is 5.91 Å². The zero-order valence-electron chi connectivity index (χ0n) is 15.3. The Morgan fingerprint density at radius 2 is 1.61 bits per heavy atom. The zero-order valence-corrected chi connectivity index (χ0v) is 15.3. The van der Waals surface area contributed by atoms with Crippen molar-refractivity contribution in [3.8, 4) is 0 Å². The molecule has 0 bridgehead atoms. The number of hydrogen-bond acceptors (Lipinski definition) is 3. The molecule has 0 fully saturated rings. The molecule has 2 aromatic carbocycles. The van der Waals surface area contributed by atoms with Crippen molar-refractivity contribution in [3.63, 3.8) is 0 Å². The first kappa shape index (κ1) is 17.7. The lowest BCUT2D eigenvalue weighted by molar-refractivity contribution is 0.0957. The molecule has 140 valence electrons. The Bertz CT molecular complexity index is 1050. The van der Waals surface area contributed by atoms with Crippen molar-refractivity contribution in [2.24, 2.45) is 21.7 Å². The summed E-state index contributed by atoms with van der Waals surface area (Å²) in [7, 11) is 0. The van der Waals surface area contributed by atoms with Crippen LogP contribution in [-0.2, 0) is 6.42 Å². The van der Waals surface area contributed by atoms with E-state index in [2.05, 4.69) is 22.3 Å². The number of nitrogens with zero attached hydrogens (tertiary/aromatic N) is 3. The highest BCUT2D eigenvalue weighted by atomic mass is 16.2. The first-order chi connectivity index (χ1) is 13.6. The molecule has 1 aromatic heterocycles. The molecule has 1 atom stereocenters. The van der Waals surface area contributed by atoms with E-state index in [0.29, 0.717) is 12.0 Å². The van der Waals surface area contributed by atoms with E-state index < -0.39 is 0 Å². The van der Waals surface area contributed by atoms with Crippen molar-refractivity contribution in [1.82, 2.24) is 4.57 Å². The van der Waals surface area contributed by atoms with Gasteiger partial charge in [-0.3, -0.25) is 9.36 Å². The maximum Gasteiger partial charge on any atom is 0.262 e. The Kier molecular flexibility index (Phi) is 4.76. The van der Waals surface area contributed by atoms with Gasteiger partial charge in [0.2, 0.25) is 5.96 Å². The normalized spacial score (nSPS) is 17.1. The predicted octanol–water partition coefficient (Wildman–Crippen LogP) is 2.88. The van der Waals surface area contributed by atoms with E-state index in [-0.39, 0.29) is 17.8 Å². The molecule has 6 nitrogen and oxygen atoms in total. The molecule has 6 heteroatoms. The Hall–Kier alpha value is -3.67. The van der Waals surface area contributed by atoms with Gasteiger partial charge in [-0.2, -0.15) is 5.10 Å². The number of hydrogen-bond donors (Lipinski definition) is 2. The standard InChI is InChI=1S/C22H21N5O/c23-22(24)26-25-19-13-17(15-7-3-1-4-8-15)14-20-18(19)11-12-27(20)21(28)16-9-5-2-6-10-16/h1-12,17H,13-14H2,(H4,23,24,26). The lowest BCUT2D eigenvalue weighted by Gasteiger charge is -2.25. The quantitative estimate of drug-likeness (QED) is 0.421. The van der Waals surface area contributed by atoms with Crippen LogP contribution in [0.2, 0.25) is 0 Å². The highest BCUT2D eigenvalue weighted by Crippen LogP contribution is 2.34. The van der Waals surface area contributed by atoms with Crippen molar-refractivity contribution >= 4 is 17.6 Å². The molecule has 4 N–H and O–H groups in total. The van der Waals surface area contributed by atoms with Gasteiger partial charge >= 0.3 is 0 Å². The summed E-state index contributed by atoms with van der Waals surface area (Å²) in [6, 6.07) is 21.4. The summed E-state index contributed by atoms with van der Waals surface area (Å²) in [5, 5.41) is 8.13. The minimum Gasteiger partial charge on any atom is -0.369 e. The van der Waals surface area contributed by atoms with Gasteiger partial charge in [-0.15, -0.1) is 5.10 Å². The number of rotatable bonds is 3. The van der Waals surface area contributed by atoms with Crippen LogP contribution in [0.3, 0.4) is 0 Å². The third kappa shape index (κ3) is 3.44. The van der Waals surface area contributed by atoms with E-state index in [4.69, 9.17) is 11.5 Å². The van der Waals surface area contributed by atoms with Crippen molar-refractivity contribution in [3.05, 3.63) is 95.3 Å². The zero-order chi connectivity index (χ0) is 19.5. The average Bonchev–Trinajstić information content (AvgIpc) is 3.16. The molecule has 0 spiro atoms. The smallest absolute Gasteiger partial charge is 0.262 e. The van der Waals surface area contributed by atoms with E-state index in [1.165, 1.54) is 5.56 Å². The molecule has 4 rings (SSSR count). The number of aromatic nitrogens is 1. The second-order valence-corrected chi connectivity index (χ2v) is 6.80. The van der Waals surface area contributed by atoms with E-state index in [1.54, 1.807) is 10.8 Å². The molecule has 0 aliphatic heterocycles. The van der Waals surface area contributed by atoms with Gasteiger partial charge in [-0.1, -0.05) is 48.5 Å². The van der Waals surface area contributed by atoms with Crippen molar-refractivity contribution < 1.29 is 4.79 Å². The molecule has 0 saturated carbocycles. The lowest BCUT2D eigenvalue weighted by atomic mass is 9.82. The summed E-state index contributed by atoms with van der Waals surface area (Å²) in [5.74, 6) is 0.0475. The monoisotopic (exact) mass is 371 g/mol. The van der Waals surface area contributed by atoms with Crippen LogP contribution < -0.4 is 11.5 Å². The molecule has 1 aliphatic rings. The first-order valence-corrected chi connectivity index (χ1v) is 9.14. The Labute approximate surface area is 163 Å². The van der Waals surface area contributed by atoms with E-state index in [9.17, 15) is 4.79 Å². The number of benzene rings is 2. The van der Waals surface area contributed by atoms with Crippen molar-refractivity contribution in [2.75, 3.05) is 0 Å². The van der Waals surface area contributed by atoms with Crippen LogP contribution in [0.4, 0.5) is 0 Å². The molecular weight excluding hydrogens is 350 g/mol. The molecule has 3 aromatic rings. The molecule has 0 amide bonds. The predicted molar refractivity (Wildman–Crippen MR) is 110 cm³/mol. The van der Waals surface area contributed by atoms with Gasteiger partial charge in [0, 0.05) is 23.0 Å². The summed E-state index contributed by atoms with van der Waals surface area (Å²) in [4.78, 5) is 13.1. The summed E-state index contributed by atoms with van der Waals surface area (Å²) in [5.41, 5.74) is 15.4. The Morgan fingerprint density at radius 3 is 2.29 bits per heavy atom. The number of nitrogens with two attached hydrogens (primary N) is 2. The topological polar surface area (TPSA) is 98.8 Å². The van der Waals surface area contributed by atoms with E-state index >= 15 is 0 Å². The van der Waals surface area contributed by atoms with Gasteiger partial charge in [0.1, 0.15) is 0 Å². The minimum atomic E-state index is -0.0873. The number of guanidine groups is 1. The van der Waals surface area contributed by atoms with Gasteiger partial charge in [-0.05, 0) is 42.5 Å². The van der Waals surface area contributed by atoms with Crippen LogP contribution in [0.15, 0.2) is 83.1 Å². The lowest BCUT2D eigenvalue weighted by Crippen LogP contribution is -2.25. The van der Waals surface area contributed by atoms with Crippen molar-refractivity contribution in [1.29, 1.82) is 0 Å². The van der Waals surface area contributed by atoms with E-state index in [0.717, 1.165) is 23.4 Å². The third-order valence-electron chi connectivity index (χ3n) is 4.98. The van der Waals surface area contributed by atoms with Crippen LogP contribution >= 0.6 is 0 Å². The molecule has 0 radical (unpaired) electrons. The second-order valence-electron chi connectivity index (χ2n) is 6.80. The van der Waals surface area contributed by atoms with Crippen LogP contribution in [0.1, 0.15) is 39.5 Å².